The van der Waals surface area contributed by atoms with Gasteiger partial charge in [-0.25, -0.2) is 9.78 Å². The van der Waals surface area contributed by atoms with E-state index in [-0.39, 0.29) is 12.1 Å². The van der Waals surface area contributed by atoms with Crippen molar-refractivity contribution >= 4 is 28.3 Å². The minimum Gasteiger partial charge on any atom is -0.439 e. The first-order chi connectivity index (χ1) is 16.5. The Morgan fingerprint density at radius 2 is 1.91 bits per heavy atom. The Kier molecular flexibility index (Phi) is 5.84. The van der Waals surface area contributed by atoms with E-state index in [0.29, 0.717) is 11.9 Å². The average molecular weight is 456 g/mol. The first-order valence-electron chi connectivity index (χ1n) is 11.7. The summed E-state index contributed by atoms with van der Waals surface area (Å²) in [5.41, 5.74) is 11.3. The molecule has 7 nitrogen and oxygen atoms in total. The van der Waals surface area contributed by atoms with E-state index in [2.05, 4.69) is 20.2 Å². The summed E-state index contributed by atoms with van der Waals surface area (Å²) in [6.07, 6.45) is 5.17. The number of aromatic nitrogens is 2. The zero-order valence-electron chi connectivity index (χ0n) is 19.4. The first kappa shape index (κ1) is 21.8. The number of ether oxygens (including phenoxy) is 1. The van der Waals surface area contributed by atoms with Crippen LogP contribution in [-0.4, -0.2) is 21.6 Å². The fourth-order valence-corrected chi connectivity index (χ4v) is 4.37. The number of nitrogens with one attached hydrogen (secondary N) is 2. The summed E-state index contributed by atoms with van der Waals surface area (Å²) >= 11 is 0. The molecular weight excluding hydrogens is 426 g/mol. The number of anilines is 2. The van der Waals surface area contributed by atoms with Crippen LogP contribution in [0, 0.1) is 0 Å². The number of amides is 2. The van der Waals surface area contributed by atoms with Gasteiger partial charge < -0.3 is 25.7 Å². The van der Waals surface area contributed by atoms with E-state index in [1.54, 1.807) is 6.20 Å². The van der Waals surface area contributed by atoms with Gasteiger partial charge in [-0.05, 0) is 63.4 Å². The molecule has 4 aromatic rings. The Morgan fingerprint density at radius 1 is 1.12 bits per heavy atom. The summed E-state index contributed by atoms with van der Waals surface area (Å²) in [5.74, 6) is 1.29. The van der Waals surface area contributed by atoms with Crippen LogP contribution in [0.15, 0.2) is 66.9 Å². The summed E-state index contributed by atoms with van der Waals surface area (Å²) in [7, 11) is 0. The minimum atomic E-state index is -0.216. The number of hydrogen-bond donors (Lipinski definition) is 3. The predicted octanol–water partition coefficient (Wildman–Crippen LogP) is 6.33. The van der Waals surface area contributed by atoms with E-state index in [9.17, 15) is 4.79 Å². The number of rotatable bonds is 6. The Balaban J connectivity index is 1.51. The number of nitrogens with two attached hydrogens (primary N) is 1. The second kappa shape index (κ2) is 9.09. The third-order valence-electron chi connectivity index (χ3n) is 6.15. The van der Waals surface area contributed by atoms with Crippen molar-refractivity contribution in [2.24, 2.45) is 0 Å². The van der Waals surface area contributed by atoms with Gasteiger partial charge in [-0.15, -0.1) is 0 Å². The number of fused-ring (bicyclic) bond motifs is 1. The van der Waals surface area contributed by atoms with Crippen molar-refractivity contribution in [2.45, 2.75) is 45.2 Å². The van der Waals surface area contributed by atoms with Crippen LogP contribution in [0.4, 0.5) is 16.2 Å². The topological polar surface area (TPSA) is 94.2 Å². The van der Waals surface area contributed by atoms with Crippen LogP contribution in [0.3, 0.4) is 0 Å². The molecule has 0 saturated heterocycles. The van der Waals surface area contributed by atoms with Crippen molar-refractivity contribution in [3.63, 3.8) is 0 Å². The lowest BCUT2D eigenvalue weighted by Crippen LogP contribution is -2.34. The number of carbonyl (C=O) groups excluding carboxylic acids is 1. The molecule has 7 heteroatoms. The van der Waals surface area contributed by atoms with Gasteiger partial charge in [-0.1, -0.05) is 18.2 Å². The molecule has 2 aromatic heterocycles. The number of nitrogens with zero attached hydrogens (tertiary/aromatic N) is 2. The van der Waals surface area contributed by atoms with Gasteiger partial charge in [0.05, 0.1) is 16.9 Å². The van der Waals surface area contributed by atoms with E-state index in [0.717, 1.165) is 52.1 Å². The first-order valence-corrected chi connectivity index (χ1v) is 11.7. The number of urea groups is 1. The quantitative estimate of drug-likeness (QED) is 0.316. The van der Waals surface area contributed by atoms with E-state index in [1.807, 2.05) is 74.5 Å². The van der Waals surface area contributed by atoms with Crippen LogP contribution in [-0.2, 0) is 0 Å². The lowest BCUT2D eigenvalue weighted by atomic mass is 9.92. The lowest BCUT2D eigenvalue weighted by molar-refractivity contribution is 0.250. The summed E-state index contributed by atoms with van der Waals surface area (Å²) in [4.78, 5) is 16.3. The molecule has 0 radical (unpaired) electrons. The highest BCUT2D eigenvalue weighted by molar-refractivity contribution is 6.02. The lowest BCUT2D eigenvalue weighted by Gasteiger charge is -2.30. The smallest absolute Gasteiger partial charge is 0.319 e. The van der Waals surface area contributed by atoms with Crippen molar-refractivity contribution in [1.82, 2.24) is 14.9 Å². The molecule has 1 aliphatic rings. The maximum atomic E-state index is 12.0. The van der Waals surface area contributed by atoms with Crippen molar-refractivity contribution in [2.75, 3.05) is 11.1 Å². The van der Waals surface area contributed by atoms with Gasteiger partial charge in [0.1, 0.15) is 5.75 Å². The summed E-state index contributed by atoms with van der Waals surface area (Å²) in [6, 6.07) is 19.7. The van der Waals surface area contributed by atoms with Crippen LogP contribution in [0.1, 0.15) is 39.2 Å². The predicted molar refractivity (Wildman–Crippen MR) is 136 cm³/mol. The molecule has 2 heterocycles. The van der Waals surface area contributed by atoms with Crippen LogP contribution < -0.4 is 21.1 Å². The standard InChI is InChI=1S/C27H29N5O2/c1-17(2)30-27(33)31-19-11-9-18(10-12-19)26-25(28)22-14-13-21(34-24-8-3-4-15-29-24)16-23(22)32(26)20-6-5-7-20/h3-4,8-17,20H,5-7,28H2,1-2H3,(H2,30,31,33). The molecule has 0 bridgehead atoms. The SMILES string of the molecule is CC(C)NC(=O)Nc1ccc(-c2c(N)c3ccc(Oc4ccccn4)cc3n2C2CCC2)cc1. The largest absolute Gasteiger partial charge is 0.439 e. The summed E-state index contributed by atoms with van der Waals surface area (Å²) in [5, 5.41) is 6.72. The second-order valence-corrected chi connectivity index (χ2v) is 9.00. The molecule has 0 unspecified atom stereocenters. The van der Waals surface area contributed by atoms with E-state index in [4.69, 9.17) is 10.5 Å². The molecule has 4 N–H and O–H groups in total. The third-order valence-corrected chi connectivity index (χ3v) is 6.15. The summed E-state index contributed by atoms with van der Waals surface area (Å²) in [6.45, 7) is 3.86. The fraction of sp³-hybridized carbons (Fsp3) is 0.259. The number of pyridine rings is 1. The molecule has 174 valence electrons. The molecular formula is C27H29N5O2. The van der Waals surface area contributed by atoms with Crippen LogP contribution in [0.5, 0.6) is 11.6 Å². The second-order valence-electron chi connectivity index (χ2n) is 9.00. The third kappa shape index (κ3) is 4.29. The van der Waals surface area contributed by atoms with Gasteiger partial charge in [-0.3, -0.25) is 0 Å². The van der Waals surface area contributed by atoms with E-state index in [1.165, 1.54) is 6.42 Å². The Morgan fingerprint density at radius 3 is 2.56 bits per heavy atom. The van der Waals surface area contributed by atoms with Crippen molar-refractivity contribution < 1.29 is 9.53 Å². The van der Waals surface area contributed by atoms with Crippen molar-refractivity contribution in [1.29, 1.82) is 0 Å². The van der Waals surface area contributed by atoms with Crippen molar-refractivity contribution in [3.05, 3.63) is 66.9 Å². The molecule has 2 amide bonds. The maximum Gasteiger partial charge on any atom is 0.319 e. The number of benzene rings is 2. The van der Waals surface area contributed by atoms with Crippen molar-refractivity contribution in [3.8, 4) is 22.9 Å². The van der Waals surface area contributed by atoms with Crippen LogP contribution in [0.25, 0.3) is 22.2 Å². The number of nitrogen functional groups attached to an aromatic ring is 1. The molecule has 2 aromatic carbocycles. The van der Waals surface area contributed by atoms with E-state index >= 15 is 0 Å². The molecule has 1 saturated carbocycles. The Bertz CT molecular complexity index is 1310. The number of hydrogen-bond acceptors (Lipinski definition) is 4. The Labute approximate surface area is 198 Å². The molecule has 0 atom stereocenters. The molecule has 1 aliphatic carbocycles. The van der Waals surface area contributed by atoms with Gasteiger partial charge in [0, 0.05) is 47.1 Å². The fourth-order valence-electron chi connectivity index (χ4n) is 4.37. The summed E-state index contributed by atoms with van der Waals surface area (Å²) < 4.78 is 8.35. The van der Waals surface area contributed by atoms with E-state index < -0.39 is 0 Å². The Hall–Kier alpha value is -4.00. The van der Waals surface area contributed by atoms with Crippen LogP contribution >= 0.6 is 0 Å². The monoisotopic (exact) mass is 455 g/mol. The highest BCUT2D eigenvalue weighted by Gasteiger charge is 2.27. The van der Waals surface area contributed by atoms with Crippen LogP contribution in [0.2, 0.25) is 0 Å². The molecule has 34 heavy (non-hydrogen) atoms. The normalized spacial score (nSPS) is 13.6. The molecule has 0 aliphatic heterocycles. The van der Waals surface area contributed by atoms with Gasteiger partial charge in [0.25, 0.3) is 0 Å². The van der Waals surface area contributed by atoms with Gasteiger partial charge in [0.2, 0.25) is 5.88 Å². The number of carbonyl (C=O) groups is 1. The zero-order chi connectivity index (χ0) is 23.7. The zero-order valence-corrected chi connectivity index (χ0v) is 19.4. The highest BCUT2D eigenvalue weighted by atomic mass is 16.5. The van der Waals surface area contributed by atoms with Gasteiger partial charge in [-0.2, -0.15) is 0 Å². The average Bonchev–Trinajstić information content (AvgIpc) is 3.05. The maximum absolute atomic E-state index is 12.0. The highest BCUT2D eigenvalue weighted by Crippen LogP contribution is 2.45. The molecule has 5 rings (SSSR count). The minimum absolute atomic E-state index is 0.0730. The van der Waals surface area contributed by atoms with Gasteiger partial charge >= 0.3 is 6.03 Å². The molecule has 1 fully saturated rings. The molecule has 0 spiro atoms. The van der Waals surface area contributed by atoms with Gasteiger partial charge in [0.15, 0.2) is 0 Å².